The van der Waals surface area contributed by atoms with Crippen LogP contribution in [0.25, 0.3) is 0 Å². The van der Waals surface area contributed by atoms with Crippen molar-refractivity contribution in [1.82, 2.24) is 10.2 Å². The third-order valence-corrected chi connectivity index (χ3v) is 3.07. The Morgan fingerprint density at radius 1 is 1.35 bits per heavy atom. The predicted molar refractivity (Wildman–Crippen MR) is 73.1 cm³/mol. The Morgan fingerprint density at radius 2 is 2.10 bits per heavy atom. The van der Waals surface area contributed by atoms with Crippen molar-refractivity contribution < 1.29 is 9.72 Å². The van der Waals surface area contributed by atoms with Crippen molar-refractivity contribution in [2.24, 2.45) is 0 Å². The molecule has 0 saturated carbocycles. The number of nitro groups is 1. The first-order valence-corrected chi connectivity index (χ1v) is 5.97. The first kappa shape index (κ1) is 14.2. The normalized spacial score (nSPS) is 10.1. The predicted octanol–water partition coefficient (Wildman–Crippen LogP) is 2.94. The molecule has 102 valence electrons. The second-order valence-electron chi connectivity index (χ2n) is 3.61. The Morgan fingerprint density at radius 3 is 2.70 bits per heavy atom. The van der Waals surface area contributed by atoms with Crippen LogP contribution < -0.4 is 5.32 Å². The van der Waals surface area contributed by atoms with Gasteiger partial charge in [0.2, 0.25) is 0 Å². The lowest BCUT2D eigenvalue weighted by Crippen LogP contribution is -2.13. The van der Waals surface area contributed by atoms with Crippen molar-refractivity contribution in [1.29, 1.82) is 0 Å². The number of nitrogens with zero attached hydrogens (tertiary/aromatic N) is 3. The molecule has 1 N–H and O–H groups in total. The summed E-state index contributed by atoms with van der Waals surface area (Å²) in [6, 6.07) is 5.39. The molecule has 0 fully saturated rings. The fourth-order valence-corrected chi connectivity index (χ4v) is 1.79. The highest BCUT2D eigenvalue weighted by molar-refractivity contribution is 6.43. The van der Waals surface area contributed by atoms with Crippen LogP contribution in [0.1, 0.15) is 10.4 Å². The molecule has 9 heteroatoms. The van der Waals surface area contributed by atoms with Gasteiger partial charge in [0.15, 0.2) is 5.82 Å². The zero-order valence-corrected chi connectivity index (χ0v) is 11.2. The van der Waals surface area contributed by atoms with Gasteiger partial charge in [-0.25, -0.2) is 0 Å². The Bertz CT molecular complexity index is 679. The maximum absolute atomic E-state index is 11.9. The van der Waals surface area contributed by atoms with Crippen molar-refractivity contribution in [3.05, 3.63) is 56.2 Å². The fraction of sp³-hybridized carbons (Fsp3) is 0. The van der Waals surface area contributed by atoms with E-state index in [1.54, 1.807) is 6.07 Å². The molecule has 2 aromatic rings. The second-order valence-corrected chi connectivity index (χ2v) is 4.40. The van der Waals surface area contributed by atoms with Crippen LogP contribution in [0.15, 0.2) is 30.5 Å². The maximum atomic E-state index is 11.9. The zero-order valence-electron chi connectivity index (χ0n) is 9.71. The minimum atomic E-state index is -0.715. The van der Waals surface area contributed by atoms with E-state index in [0.29, 0.717) is 0 Å². The molecular weight excluding hydrogens is 307 g/mol. The lowest BCUT2D eigenvalue weighted by atomic mass is 10.2. The fourth-order valence-electron chi connectivity index (χ4n) is 1.40. The molecule has 1 aromatic heterocycles. The number of anilines is 1. The van der Waals surface area contributed by atoms with E-state index in [9.17, 15) is 14.9 Å². The average Bonchev–Trinajstić information content (AvgIpc) is 2.42. The number of halogens is 2. The highest BCUT2D eigenvalue weighted by Crippen LogP contribution is 2.33. The number of carbonyl (C=O) groups is 1. The van der Waals surface area contributed by atoms with Crippen LogP contribution in [0.4, 0.5) is 11.5 Å². The number of nitrogens with one attached hydrogen (secondary N) is 1. The van der Waals surface area contributed by atoms with Gasteiger partial charge in [-0.15, -0.1) is 5.10 Å². The third kappa shape index (κ3) is 3.01. The smallest absolute Gasteiger partial charge is 0.290 e. The van der Waals surface area contributed by atoms with Gasteiger partial charge in [0, 0.05) is 17.8 Å². The highest BCUT2D eigenvalue weighted by atomic mass is 35.5. The number of nitro benzene ring substituents is 1. The number of amides is 1. The molecule has 0 spiro atoms. The quantitative estimate of drug-likeness (QED) is 0.694. The molecule has 0 radical (unpaired) electrons. The average molecular weight is 313 g/mol. The van der Waals surface area contributed by atoms with E-state index in [2.05, 4.69) is 15.5 Å². The molecule has 7 nitrogen and oxygen atoms in total. The Kier molecular flexibility index (Phi) is 4.11. The van der Waals surface area contributed by atoms with Crippen LogP contribution in [0.2, 0.25) is 10.0 Å². The molecule has 0 aliphatic rings. The van der Waals surface area contributed by atoms with Crippen molar-refractivity contribution in [3.63, 3.8) is 0 Å². The molecule has 0 bridgehead atoms. The SMILES string of the molecule is O=C(Nc1cccnn1)c1cc(Cl)c(Cl)c([N+](=O)[O-])c1. The molecule has 0 unspecified atom stereocenters. The Balaban J connectivity index is 2.33. The van der Waals surface area contributed by atoms with E-state index in [0.717, 1.165) is 6.07 Å². The van der Waals surface area contributed by atoms with Crippen molar-refractivity contribution in [2.45, 2.75) is 0 Å². The van der Waals surface area contributed by atoms with Gasteiger partial charge in [-0.05, 0) is 18.2 Å². The highest BCUT2D eigenvalue weighted by Gasteiger charge is 2.20. The minimum absolute atomic E-state index is 0.00301. The minimum Gasteiger partial charge on any atom is -0.305 e. The summed E-state index contributed by atoms with van der Waals surface area (Å²) in [5.41, 5.74) is -0.444. The van der Waals surface area contributed by atoms with Gasteiger partial charge in [0.25, 0.3) is 11.6 Å². The van der Waals surface area contributed by atoms with Gasteiger partial charge in [0.05, 0.1) is 9.95 Å². The van der Waals surface area contributed by atoms with E-state index in [4.69, 9.17) is 23.2 Å². The monoisotopic (exact) mass is 312 g/mol. The largest absolute Gasteiger partial charge is 0.305 e. The molecule has 0 aliphatic heterocycles. The van der Waals surface area contributed by atoms with Crippen LogP contribution in [-0.2, 0) is 0 Å². The third-order valence-electron chi connectivity index (χ3n) is 2.28. The number of aromatic nitrogens is 2. The maximum Gasteiger partial charge on any atom is 0.290 e. The summed E-state index contributed by atoms with van der Waals surface area (Å²) in [5.74, 6) is -0.390. The van der Waals surface area contributed by atoms with E-state index < -0.39 is 16.5 Å². The van der Waals surface area contributed by atoms with Gasteiger partial charge < -0.3 is 5.32 Å². The van der Waals surface area contributed by atoms with Gasteiger partial charge in [-0.2, -0.15) is 5.10 Å². The van der Waals surface area contributed by atoms with E-state index in [1.165, 1.54) is 18.3 Å². The molecule has 20 heavy (non-hydrogen) atoms. The first-order valence-electron chi connectivity index (χ1n) is 5.21. The summed E-state index contributed by atoms with van der Waals surface area (Å²) in [4.78, 5) is 22.0. The van der Waals surface area contributed by atoms with E-state index in [1.807, 2.05) is 0 Å². The standard InChI is InChI=1S/C11H6Cl2N4O3/c12-7-4-6(5-8(10(7)13)17(19)20)11(18)15-9-2-1-3-14-16-9/h1-5H,(H,15,16,18). The summed E-state index contributed by atoms with van der Waals surface area (Å²) >= 11 is 11.5. The molecule has 0 saturated heterocycles. The lowest BCUT2D eigenvalue weighted by molar-refractivity contribution is -0.384. The number of rotatable bonds is 3. The lowest BCUT2D eigenvalue weighted by Gasteiger charge is -2.05. The summed E-state index contributed by atoms with van der Waals surface area (Å²) in [7, 11) is 0. The summed E-state index contributed by atoms with van der Waals surface area (Å²) in [5, 5.41) is 20.2. The van der Waals surface area contributed by atoms with Crippen LogP contribution in [0.3, 0.4) is 0 Å². The van der Waals surface area contributed by atoms with E-state index >= 15 is 0 Å². The van der Waals surface area contributed by atoms with Crippen LogP contribution in [-0.4, -0.2) is 21.0 Å². The number of hydrogen-bond donors (Lipinski definition) is 1. The van der Waals surface area contributed by atoms with Gasteiger partial charge in [-0.3, -0.25) is 14.9 Å². The zero-order chi connectivity index (χ0) is 14.7. The molecule has 1 heterocycles. The van der Waals surface area contributed by atoms with Crippen LogP contribution in [0.5, 0.6) is 0 Å². The first-order chi connectivity index (χ1) is 9.49. The number of hydrogen-bond acceptors (Lipinski definition) is 5. The van der Waals surface area contributed by atoms with Crippen molar-refractivity contribution in [2.75, 3.05) is 5.32 Å². The van der Waals surface area contributed by atoms with Gasteiger partial charge in [-0.1, -0.05) is 23.2 Å². The molecular formula is C11H6Cl2N4O3. The van der Waals surface area contributed by atoms with Crippen molar-refractivity contribution in [3.8, 4) is 0 Å². The van der Waals surface area contributed by atoms with Crippen LogP contribution in [0, 0.1) is 10.1 Å². The molecule has 1 amide bonds. The topological polar surface area (TPSA) is 98.0 Å². The van der Waals surface area contributed by atoms with Gasteiger partial charge in [0.1, 0.15) is 5.02 Å². The second kappa shape index (κ2) is 5.81. The molecule has 0 aliphatic carbocycles. The van der Waals surface area contributed by atoms with Crippen LogP contribution >= 0.6 is 23.2 Å². The Labute approximate surface area is 122 Å². The molecule has 0 atom stereocenters. The summed E-state index contributed by atoms with van der Waals surface area (Å²) < 4.78 is 0. The molecule has 1 aromatic carbocycles. The number of benzene rings is 1. The molecule has 2 rings (SSSR count). The van der Waals surface area contributed by atoms with Crippen molar-refractivity contribution >= 4 is 40.6 Å². The van der Waals surface area contributed by atoms with Gasteiger partial charge >= 0.3 is 0 Å². The summed E-state index contributed by atoms with van der Waals surface area (Å²) in [6.07, 6.45) is 1.44. The summed E-state index contributed by atoms with van der Waals surface area (Å²) in [6.45, 7) is 0. The van der Waals surface area contributed by atoms with E-state index in [-0.39, 0.29) is 21.4 Å². The Hall–Kier alpha value is -2.25. The number of carbonyl (C=O) groups excluding carboxylic acids is 1.